The molecule has 3 nitrogen and oxygen atoms in total. The van der Waals surface area contributed by atoms with Crippen molar-refractivity contribution in [2.24, 2.45) is 0 Å². The van der Waals surface area contributed by atoms with E-state index in [1.807, 2.05) is 19.9 Å². The van der Waals surface area contributed by atoms with Gasteiger partial charge in [-0.1, -0.05) is 12.1 Å². The minimum Gasteiger partial charge on any atom is -0.496 e. The molecule has 0 radical (unpaired) electrons. The smallest absolute Gasteiger partial charge is 0.161 e. The van der Waals surface area contributed by atoms with E-state index in [4.69, 9.17) is 14.2 Å². The molecule has 1 rings (SSSR count). The molecule has 0 aliphatic rings. The molecule has 0 amide bonds. The van der Waals surface area contributed by atoms with Gasteiger partial charge in [0.1, 0.15) is 5.75 Å². The van der Waals surface area contributed by atoms with Gasteiger partial charge in [0, 0.05) is 19.6 Å². The molecule has 0 aliphatic carbocycles. The zero-order chi connectivity index (χ0) is 12.7. The highest BCUT2D eigenvalue weighted by atomic mass is 16.7. The number of hydrogen-bond donors (Lipinski definition) is 0. The summed E-state index contributed by atoms with van der Waals surface area (Å²) >= 11 is 0. The number of rotatable bonds is 7. The van der Waals surface area contributed by atoms with Crippen molar-refractivity contribution >= 4 is 0 Å². The van der Waals surface area contributed by atoms with E-state index in [2.05, 4.69) is 19.1 Å². The maximum Gasteiger partial charge on any atom is 0.161 e. The van der Waals surface area contributed by atoms with Gasteiger partial charge in [-0.2, -0.15) is 0 Å². The van der Waals surface area contributed by atoms with Gasteiger partial charge in [0.2, 0.25) is 0 Å². The quantitative estimate of drug-likeness (QED) is 0.684. The SMILES string of the molecule is CCOC(Cc1ccc(C)cc1OC)OCC. The first-order valence-corrected chi connectivity index (χ1v) is 6.08. The van der Waals surface area contributed by atoms with Gasteiger partial charge in [-0.3, -0.25) is 0 Å². The van der Waals surface area contributed by atoms with Crippen LogP contribution in [0.25, 0.3) is 0 Å². The summed E-state index contributed by atoms with van der Waals surface area (Å²) in [6.45, 7) is 7.29. The molecule has 0 fully saturated rings. The Morgan fingerprint density at radius 3 is 2.29 bits per heavy atom. The topological polar surface area (TPSA) is 27.7 Å². The molecule has 0 bridgehead atoms. The summed E-state index contributed by atoms with van der Waals surface area (Å²) < 4.78 is 16.4. The third kappa shape index (κ3) is 4.36. The molecule has 0 saturated heterocycles. The fraction of sp³-hybridized carbons (Fsp3) is 0.571. The van der Waals surface area contributed by atoms with Crippen LogP contribution >= 0.6 is 0 Å². The van der Waals surface area contributed by atoms with Crippen molar-refractivity contribution in [3.8, 4) is 5.75 Å². The van der Waals surface area contributed by atoms with Crippen LogP contribution in [0.4, 0.5) is 0 Å². The Labute approximate surface area is 104 Å². The Morgan fingerprint density at radius 2 is 1.76 bits per heavy atom. The summed E-state index contributed by atoms with van der Waals surface area (Å²) in [7, 11) is 1.69. The molecule has 0 N–H and O–H groups in total. The molecule has 1 aromatic rings. The molecule has 0 heterocycles. The van der Waals surface area contributed by atoms with E-state index in [9.17, 15) is 0 Å². The van der Waals surface area contributed by atoms with E-state index in [1.165, 1.54) is 5.56 Å². The van der Waals surface area contributed by atoms with Crippen LogP contribution in [0.1, 0.15) is 25.0 Å². The lowest BCUT2D eigenvalue weighted by Crippen LogP contribution is -2.20. The lowest BCUT2D eigenvalue weighted by atomic mass is 10.1. The zero-order valence-electron chi connectivity index (χ0n) is 11.2. The number of aryl methyl sites for hydroxylation is 1. The van der Waals surface area contributed by atoms with Crippen LogP contribution in [0, 0.1) is 6.92 Å². The Bertz CT molecular complexity index is 330. The lowest BCUT2D eigenvalue weighted by Gasteiger charge is -2.18. The van der Waals surface area contributed by atoms with Gasteiger partial charge in [0.25, 0.3) is 0 Å². The molecule has 17 heavy (non-hydrogen) atoms. The number of ether oxygens (including phenoxy) is 3. The fourth-order valence-corrected chi connectivity index (χ4v) is 1.74. The van der Waals surface area contributed by atoms with E-state index in [0.29, 0.717) is 19.6 Å². The van der Waals surface area contributed by atoms with Crippen LogP contribution < -0.4 is 4.74 Å². The van der Waals surface area contributed by atoms with E-state index >= 15 is 0 Å². The molecule has 96 valence electrons. The van der Waals surface area contributed by atoms with Gasteiger partial charge in [0.15, 0.2) is 6.29 Å². The molecule has 0 aliphatic heterocycles. The van der Waals surface area contributed by atoms with Gasteiger partial charge >= 0.3 is 0 Å². The highest BCUT2D eigenvalue weighted by molar-refractivity contribution is 5.37. The zero-order valence-corrected chi connectivity index (χ0v) is 11.2. The third-order valence-corrected chi connectivity index (χ3v) is 2.53. The third-order valence-electron chi connectivity index (χ3n) is 2.53. The molecule has 0 saturated carbocycles. The second-order valence-corrected chi connectivity index (χ2v) is 3.86. The van der Waals surface area contributed by atoms with E-state index in [1.54, 1.807) is 7.11 Å². The summed E-state index contributed by atoms with van der Waals surface area (Å²) in [5, 5.41) is 0. The first-order valence-electron chi connectivity index (χ1n) is 6.08. The highest BCUT2D eigenvalue weighted by Gasteiger charge is 2.12. The van der Waals surface area contributed by atoms with Crippen molar-refractivity contribution in [1.82, 2.24) is 0 Å². The highest BCUT2D eigenvalue weighted by Crippen LogP contribution is 2.22. The van der Waals surface area contributed by atoms with Gasteiger partial charge in [-0.15, -0.1) is 0 Å². The van der Waals surface area contributed by atoms with E-state index < -0.39 is 0 Å². The molecule has 0 unspecified atom stereocenters. The van der Waals surface area contributed by atoms with Crippen molar-refractivity contribution in [2.45, 2.75) is 33.5 Å². The molecule has 0 atom stereocenters. The van der Waals surface area contributed by atoms with Crippen molar-refractivity contribution in [1.29, 1.82) is 0 Å². The Hall–Kier alpha value is -1.06. The summed E-state index contributed by atoms with van der Waals surface area (Å²) in [4.78, 5) is 0. The van der Waals surface area contributed by atoms with Crippen LogP contribution in [0.2, 0.25) is 0 Å². The van der Waals surface area contributed by atoms with Crippen LogP contribution in [-0.2, 0) is 15.9 Å². The van der Waals surface area contributed by atoms with E-state index in [0.717, 1.165) is 11.3 Å². The monoisotopic (exact) mass is 238 g/mol. The maximum atomic E-state index is 5.54. The second-order valence-electron chi connectivity index (χ2n) is 3.86. The summed E-state index contributed by atoms with van der Waals surface area (Å²) in [5.74, 6) is 0.898. The second kappa shape index (κ2) is 7.30. The first kappa shape index (κ1) is 14.0. The minimum absolute atomic E-state index is 0.193. The minimum atomic E-state index is -0.193. The van der Waals surface area contributed by atoms with Gasteiger partial charge in [0.05, 0.1) is 7.11 Å². The van der Waals surface area contributed by atoms with Gasteiger partial charge < -0.3 is 14.2 Å². The summed E-state index contributed by atoms with van der Waals surface area (Å²) in [6.07, 6.45) is 0.520. The van der Waals surface area contributed by atoms with E-state index in [-0.39, 0.29) is 6.29 Å². The number of methoxy groups -OCH3 is 1. The fourth-order valence-electron chi connectivity index (χ4n) is 1.74. The summed E-state index contributed by atoms with van der Waals surface area (Å²) in [5.41, 5.74) is 2.31. The van der Waals surface area contributed by atoms with Crippen molar-refractivity contribution in [2.75, 3.05) is 20.3 Å². The van der Waals surface area contributed by atoms with Crippen molar-refractivity contribution < 1.29 is 14.2 Å². The van der Waals surface area contributed by atoms with Crippen molar-refractivity contribution in [3.05, 3.63) is 29.3 Å². The van der Waals surface area contributed by atoms with Crippen molar-refractivity contribution in [3.63, 3.8) is 0 Å². The van der Waals surface area contributed by atoms with Crippen LogP contribution in [-0.4, -0.2) is 26.6 Å². The largest absolute Gasteiger partial charge is 0.496 e. The first-order chi connectivity index (χ1) is 8.21. The van der Waals surface area contributed by atoms with Crippen LogP contribution in [0.3, 0.4) is 0 Å². The number of benzene rings is 1. The molecule has 3 heteroatoms. The molecule has 0 aromatic heterocycles. The molecule has 1 aromatic carbocycles. The predicted molar refractivity (Wildman–Crippen MR) is 68.5 cm³/mol. The maximum absolute atomic E-state index is 5.54. The Morgan fingerprint density at radius 1 is 1.12 bits per heavy atom. The standard InChI is InChI=1S/C14H22O3/c1-5-16-14(17-6-2)10-12-8-7-11(3)9-13(12)15-4/h7-9,14H,5-6,10H2,1-4H3. The van der Waals surface area contributed by atoms with Crippen LogP contribution in [0.15, 0.2) is 18.2 Å². The number of hydrogen-bond acceptors (Lipinski definition) is 3. The average molecular weight is 238 g/mol. The Balaban J connectivity index is 2.76. The summed E-state index contributed by atoms with van der Waals surface area (Å²) in [6, 6.07) is 6.18. The normalized spacial score (nSPS) is 10.9. The van der Waals surface area contributed by atoms with Gasteiger partial charge in [-0.25, -0.2) is 0 Å². The molecule has 0 spiro atoms. The van der Waals surface area contributed by atoms with Gasteiger partial charge in [-0.05, 0) is 38.0 Å². The average Bonchev–Trinajstić information content (AvgIpc) is 2.32. The molecular formula is C14H22O3. The van der Waals surface area contributed by atoms with Crippen LogP contribution in [0.5, 0.6) is 5.75 Å². The predicted octanol–water partition coefficient (Wildman–Crippen LogP) is 2.95. The molecular weight excluding hydrogens is 216 g/mol. The Kier molecular flexibility index (Phi) is 6.01. The lowest BCUT2D eigenvalue weighted by molar-refractivity contribution is -0.134.